The third-order valence-electron chi connectivity index (χ3n) is 3.00. The van der Waals surface area contributed by atoms with Crippen LogP contribution in [0.5, 0.6) is 0 Å². The van der Waals surface area contributed by atoms with Gasteiger partial charge in [-0.05, 0) is 42.7 Å². The topological polar surface area (TPSA) is 20.2 Å². The number of rotatable bonds is 3. The number of halogens is 1. The van der Waals surface area contributed by atoms with Crippen molar-refractivity contribution in [1.82, 2.24) is 0 Å². The van der Waals surface area contributed by atoms with Gasteiger partial charge in [-0.1, -0.05) is 51.8 Å². The summed E-state index contributed by atoms with van der Waals surface area (Å²) in [5, 5.41) is 10.3. The van der Waals surface area contributed by atoms with Crippen molar-refractivity contribution in [3.8, 4) is 0 Å². The van der Waals surface area contributed by atoms with Crippen molar-refractivity contribution in [2.75, 3.05) is 0 Å². The molecule has 1 atom stereocenters. The first-order valence-corrected chi connectivity index (χ1v) is 6.84. The molecular weight excluding hydrogens is 288 g/mol. The third kappa shape index (κ3) is 3.44. The standard InChI is InChI=1S/C16H17BrO/c1-11-3-5-13(6-4-11)9-16(18)14-7-12(2)8-15(17)10-14/h3-8,10,16,18H,9H2,1-2H3. The van der Waals surface area contributed by atoms with Gasteiger partial charge in [0.1, 0.15) is 0 Å². The van der Waals surface area contributed by atoms with Gasteiger partial charge in [-0.2, -0.15) is 0 Å². The van der Waals surface area contributed by atoms with Crippen molar-refractivity contribution in [1.29, 1.82) is 0 Å². The monoisotopic (exact) mass is 304 g/mol. The van der Waals surface area contributed by atoms with Gasteiger partial charge in [0.05, 0.1) is 6.10 Å². The summed E-state index contributed by atoms with van der Waals surface area (Å²) in [5.41, 5.74) is 4.52. The molecule has 1 unspecified atom stereocenters. The lowest BCUT2D eigenvalue weighted by molar-refractivity contribution is 0.178. The molecule has 0 spiro atoms. The van der Waals surface area contributed by atoms with Gasteiger partial charge in [-0.25, -0.2) is 0 Å². The summed E-state index contributed by atoms with van der Waals surface area (Å²) in [5.74, 6) is 0. The maximum Gasteiger partial charge on any atom is 0.0830 e. The molecule has 2 rings (SSSR count). The Bertz CT molecular complexity index is 511. The Balaban J connectivity index is 2.16. The molecule has 0 radical (unpaired) electrons. The van der Waals surface area contributed by atoms with E-state index in [1.54, 1.807) is 0 Å². The third-order valence-corrected chi connectivity index (χ3v) is 3.46. The second kappa shape index (κ2) is 5.68. The summed E-state index contributed by atoms with van der Waals surface area (Å²) < 4.78 is 1.01. The molecule has 0 amide bonds. The molecular formula is C16H17BrO. The number of aryl methyl sites for hydroxylation is 2. The second-order valence-corrected chi connectivity index (χ2v) is 5.68. The van der Waals surface area contributed by atoms with Crippen LogP contribution in [0.1, 0.15) is 28.4 Å². The largest absolute Gasteiger partial charge is 0.388 e. The summed E-state index contributed by atoms with van der Waals surface area (Å²) in [6.45, 7) is 4.10. The van der Waals surface area contributed by atoms with Crippen LogP contribution < -0.4 is 0 Å². The number of hydrogen-bond donors (Lipinski definition) is 1. The molecule has 0 saturated carbocycles. The molecule has 0 aromatic heterocycles. The summed E-state index contributed by atoms with van der Waals surface area (Å²) >= 11 is 3.47. The summed E-state index contributed by atoms with van der Waals surface area (Å²) in [7, 11) is 0. The second-order valence-electron chi connectivity index (χ2n) is 4.77. The predicted molar refractivity (Wildman–Crippen MR) is 78.7 cm³/mol. The van der Waals surface area contributed by atoms with E-state index >= 15 is 0 Å². The van der Waals surface area contributed by atoms with Crippen molar-refractivity contribution < 1.29 is 5.11 Å². The quantitative estimate of drug-likeness (QED) is 0.894. The average molecular weight is 305 g/mol. The molecule has 0 aliphatic rings. The maximum absolute atomic E-state index is 10.3. The van der Waals surface area contributed by atoms with Crippen LogP contribution >= 0.6 is 15.9 Å². The van der Waals surface area contributed by atoms with E-state index in [2.05, 4.69) is 47.1 Å². The van der Waals surface area contributed by atoms with Crippen molar-refractivity contribution >= 4 is 15.9 Å². The molecule has 0 saturated heterocycles. The normalized spacial score (nSPS) is 12.4. The molecule has 2 aromatic rings. The van der Waals surface area contributed by atoms with E-state index in [1.807, 2.05) is 25.1 Å². The summed E-state index contributed by atoms with van der Waals surface area (Å²) in [6, 6.07) is 14.4. The van der Waals surface area contributed by atoms with E-state index in [9.17, 15) is 5.11 Å². The summed E-state index contributed by atoms with van der Waals surface area (Å²) in [6.07, 6.45) is 0.194. The Hall–Kier alpha value is -1.12. The molecule has 0 bridgehead atoms. The van der Waals surface area contributed by atoms with Crippen LogP contribution in [0.15, 0.2) is 46.9 Å². The fraction of sp³-hybridized carbons (Fsp3) is 0.250. The molecule has 0 aliphatic heterocycles. The highest BCUT2D eigenvalue weighted by Gasteiger charge is 2.09. The molecule has 2 heteroatoms. The van der Waals surface area contributed by atoms with Gasteiger partial charge in [0.2, 0.25) is 0 Å². The highest BCUT2D eigenvalue weighted by Crippen LogP contribution is 2.23. The van der Waals surface area contributed by atoms with Crippen molar-refractivity contribution in [2.45, 2.75) is 26.4 Å². The highest BCUT2D eigenvalue weighted by molar-refractivity contribution is 9.10. The fourth-order valence-electron chi connectivity index (χ4n) is 2.02. The van der Waals surface area contributed by atoms with Crippen molar-refractivity contribution in [3.05, 3.63) is 69.2 Å². The minimum atomic E-state index is -0.455. The van der Waals surface area contributed by atoms with Gasteiger partial charge in [0.25, 0.3) is 0 Å². The van der Waals surface area contributed by atoms with Gasteiger partial charge in [0.15, 0.2) is 0 Å². The molecule has 1 N–H and O–H groups in total. The SMILES string of the molecule is Cc1ccc(CC(O)c2cc(C)cc(Br)c2)cc1. The number of benzene rings is 2. The van der Waals surface area contributed by atoms with Crippen LogP contribution in [0.25, 0.3) is 0 Å². The Morgan fingerprint density at radius 1 is 1.00 bits per heavy atom. The molecule has 94 valence electrons. The van der Waals surface area contributed by atoms with Gasteiger partial charge in [-0.15, -0.1) is 0 Å². The highest BCUT2D eigenvalue weighted by atomic mass is 79.9. The molecule has 0 heterocycles. The van der Waals surface area contributed by atoms with Gasteiger partial charge in [-0.3, -0.25) is 0 Å². The Kier molecular flexibility index (Phi) is 4.20. The van der Waals surface area contributed by atoms with Crippen LogP contribution in [0, 0.1) is 13.8 Å². The average Bonchev–Trinajstić information content (AvgIpc) is 2.31. The van der Waals surface area contributed by atoms with Crippen LogP contribution in [0.4, 0.5) is 0 Å². The Labute approximate surface area is 117 Å². The van der Waals surface area contributed by atoms with Gasteiger partial charge < -0.3 is 5.11 Å². The van der Waals surface area contributed by atoms with Crippen LogP contribution in [-0.4, -0.2) is 5.11 Å². The fourth-order valence-corrected chi connectivity index (χ4v) is 2.65. The molecule has 18 heavy (non-hydrogen) atoms. The first-order chi connectivity index (χ1) is 8.54. The van der Waals surface area contributed by atoms with Gasteiger partial charge in [0, 0.05) is 10.9 Å². The van der Waals surface area contributed by atoms with Crippen LogP contribution in [0.2, 0.25) is 0 Å². The van der Waals surface area contributed by atoms with E-state index in [0.717, 1.165) is 21.2 Å². The minimum Gasteiger partial charge on any atom is -0.388 e. The molecule has 1 nitrogen and oxygen atoms in total. The first kappa shape index (κ1) is 13.3. The van der Waals surface area contributed by atoms with E-state index in [-0.39, 0.29) is 0 Å². The zero-order valence-electron chi connectivity index (χ0n) is 10.7. The van der Waals surface area contributed by atoms with Gasteiger partial charge >= 0.3 is 0 Å². The van der Waals surface area contributed by atoms with Crippen molar-refractivity contribution in [3.63, 3.8) is 0 Å². The Morgan fingerprint density at radius 3 is 2.28 bits per heavy atom. The first-order valence-electron chi connectivity index (χ1n) is 6.05. The number of aliphatic hydroxyl groups excluding tert-OH is 1. The van der Waals surface area contributed by atoms with E-state index in [1.165, 1.54) is 5.56 Å². The smallest absolute Gasteiger partial charge is 0.0830 e. The minimum absolute atomic E-state index is 0.455. The number of aliphatic hydroxyl groups is 1. The lowest BCUT2D eigenvalue weighted by atomic mass is 9.99. The van der Waals surface area contributed by atoms with Crippen LogP contribution in [-0.2, 0) is 6.42 Å². The Morgan fingerprint density at radius 2 is 1.67 bits per heavy atom. The van der Waals surface area contributed by atoms with Crippen LogP contribution in [0.3, 0.4) is 0 Å². The lowest BCUT2D eigenvalue weighted by Crippen LogP contribution is -2.02. The van der Waals surface area contributed by atoms with Crippen molar-refractivity contribution in [2.24, 2.45) is 0 Å². The maximum atomic E-state index is 10.3. The van der Waals surface area contributed by atoms with E-state index in [4.69, 9.17) is 0 Å². The summed E-state index contributed by atoms with van der Waals surface area (Å²) in [4.78, 5) is 0. The molecule has 0 aliphatic carbocycles. The zero-order chi connectivity index (χ0) is 13.1. The zero-order valence-corrected chi connectivity index (χ0v) is 12.2. The number of hydrogen-bond acceptors (Lipinski definition) is 1. The van der Waals surface area contributed by atoms with E-state index < -0.39 is 6.10 Å². The lowest BCUT2D eigenvalue weighted by Gasteiger charge is -2.12. The predicted octanol–water partition coefficient (Wildman–Crippen LogP) is 4.34. The molecule has 2 aromatic carbocycles. The van der Waals surface area contributed by atoms with E-state index in [0.29, 0.717) is 6.42 Å². The molecule has 0 fully saturated rings.